The number of fused-ring (bicyclic) bond motifs is 1. The van der Waals surface area contributed by atoms with E-state index >= 15 is 0 Å². The summed E-state index contributed by atoms with van der Waals surface area (Å²) in [6.07, 6.45) is 6.52. The second-order valence-electron chi connectivity index (χ2n) is 17.7. The third kappa shape index (κ3) is 11.8. The van der Waals surface area contributed by atoms with Crippen molar-refractivity contribution in [1.82, 2.24) is 20.2 Å². The van der Waals surface area contributed by atoms with Crippen molar-refractivity contribution in [3.8, 4) is 11.1 Å². The summed E-state index contributed by atoms with van der Waals surface area (Å²) in [4.78, 5) is 77.6. The molecular weight excluding hydrogens is 739 g/mol. The van der Waals surface area contributed by atoms with Crippen molar-refractivity contribution in [2.45, 2.75) is 97.7 Å². The van der Waals surface area contributed by atoms with Crippen LogP contribution in [0.3, 0.4) is 0 Å². The van der Waals surface area contributed by atoms with Crippen molar-refractivity contribution in [2.24, 2.45) is 17.8 Å². The maximum absolute atomic E-state index is 14.0. The molecule has 0 radical (unpaired) electrons. The van der Waals surface area contributed by atoms with Crippen LogP contribution in [-0.4, -0.2) is 88.6 Å². The van der Waals surface area contributed by atoms with Gasteiger partial charge in [-0.2, -0.15) is 0 Å². The van der Waals surface area contributed by atoms with Crippen LogP contribution in [0.25, 0.3) is 11.1 Å². The van der Waals surface area contributed by atoms with Crippen LogP contribution in [0, 0.1) is 17.8 Å². The third-order valence-corrected chi connectivity index (χ3v) is 10.7. The third-order valence-electron chi connectivity index (χ3n) is 10.7. The maximum atomic E-state index is 14.0. The number of hydrogen-bond acceptors (Lipinski definition) is 10. The number of nitrogens with zero attached hydrogens (tertiary/aromatic N) is 4. The van der Waals surface area contributed by atoms with Gasteiger partial charge in [-0.25, -0.2) is 19.6 Å². The Balaban J connectivity index is 1.10. The monoisotopic (exact) mass is 795 g/mol. The van der Waals surface area contributed by atoms with E-state index in [9.17, 15) is 24.0 Å². The summed E-state index contributed by atoms with van der Waals surface area (Å²) in [6.45, 7) is 13.7. The molecule has 3 N–H and O–H groups in total. The Morgan fingerprint density at radius 2 is 1.55 bits per heavy atom. The van der Waals surface area contributed by atoms with Crippen molar-refractivity contribution in [2.75, 3.05) is 48.3 Å². The second-order valence-corrected chi connectivity index (χ2v) is 17.7. The molecule has 14 nitrogen and oxygen atoms in total. The molecule has 1 saturated heterocycles. The lowest BCUT2D eigenvalue weighted by molar-refractivity contribution is -0.129. The summed E-state index contributed by atoms with van der Waals surface area (Å²) < 4.78 is 10.9. The normalized spacial score (nSPS) is 18.8. The van der Waals surface area contributed by atoms with Crippen molar-refractivity contribution in [1.29, 1.82) is 0 Å². The quantitative estimate of drug-likeness (QED) is 0.188. The van der Waals surface area contributed by atoms with Crippen LogP contribution in [0.4, 0.5) is 26.9 Å². The van der Waals surface area contributed by atoms with E-state index in [1.54, 1.807) is 29.4 Å². The summed E-state index contributed by atoms with van der Waals surface area (Å²) in [5.41, 5.74) is 3.58. The minimum absolute atomic E-state index is 0.0620. The number of ether oxygens (including phenoxy) is 2. The van der Waals surface area contributed by atoms with Gasteiger partial charge in [-0.15, -0.1) is 0 Å². The van der Waals surface area contributed by atoms with Gasteiger partial charge in [0, 0.05) is 80.3 Å². The van der Waals surface area contributed by atoms with Gasteiger partial charge in [0.1, 0.15) is 17.0 Å². The highest BCUT2D eigenvalue weighted by atomic mass is 16.6. The molecule has 1 aromatic heterocycles. The number of ketones is 1. The zero-order chi connectivity index (χ0) is 41.6. The molecule has 1 saturated carbocycles. The van der Waals surface area contributed by atoms with E-state index in [4.69, 9.17) is 9.47 Å². The molecule has 0 spiro atoms. The first-order valence-corrected chi connectivity index (χ1v) is 20.4. The Morgan fingerprint density at radius 1 is 0.862 bits per heavy atom. The van der Waals surface area contributed by atoms with Gasteiger partial charge in [0.25, 0.3) is 0 Å². The van der Waals surface area contributed by atoms with E-state index in [1.165, 1.54) is 0 Å². The van der Waals surface area contributed by atoms with Crippen molar-refractivity contribution in [3.05, 3.63) is 66.0 Å². The summed E-state index contributed by atoms with van der Waals surface area (Å²) in [5, 5.41) is 8.72. The first kappa shape index (κ1) is 42.1. The Morgan fingerprint density at radius 3 is 2.22 bits per heavy atom. The number of nitrogens with one attached hydrogen (secondary N) is 3. The molecule has 1 aliphatic carbocycles. The minimum atomic E-state index is -0.643. The molecule has 2 fully saturated rings. The molecule has 14 heteroatoms. The number of carbonyl (C=O) groups is 5. The lowest BCUT2D eigenvalue weighted by Gasteiger charge is -2.35. The summed E-state index contributed by atoms with van der Waals surface area (Å²) in [7, 11) is 0. The highest BCUT2D eigenvalue weighted by Crippen LogP contribution is 2.33. The summed E-state index contributed by atoms with van der Waals surface area (Å²) in [6, 6.07) is 13.2. The number of piperazine rings is 1. The SMILES string of the molecule is CC(C)(C)OC(=O)NCC1CCC(C(=O)C[C@@H](Cc2cccc(-c3cnc(N4CCN(C(=O)OC(C)(C)C)CC4)nc3)c2)C(=O)Nc2ccc3c(c2)NC(=O)C3)CC1. The van der Waals surface area contributed by atoms with Gasteiger partial charge in [0.2, 0.25) is 17.8 Å². The fourth-order valence-corrected chi connectivity index (χ4v) is 7.65. The van der Waals surface area contributed by atoms with Crippen LogP contribution < -0.4 is 20.9 Å². The molecule has 4 amide bonds. The predicted octanol–water partition coefficient (Wildman–Crippen LogP) is 6.78. The Hall–Kier alpha value is -5.53. The Labute approximate surface area is 340 Å². The number of Topliss-reactive ketones (excluding diaryl/α,β-unsaturated/α-hetero) is 1. The predicted molar refractivity (Wildman–Crippen MR) is 221 cm³/mol. The lowest BCUT2D eigenvalue weighted by atomic mass is 9.77. The van der Waals surface area contributed by atoms with Gasteiger partial charge in [0.05, 0.1) is 6.42 Å². The molecule has 58 heavy (non-hydrogen) atoms. The van der Waals surface area contributed by atoms with Crippen molar-refractivity contribution >= 4 is 47.1 Å². The topological polar surface area (TPSA) is 172 Å². The van der Waals surface area contributed by atoms with Gasteiger partial charge < -0.3 is 35.2 Å². The first-order chi connectivity index (χ1) is 27.5. The molecule has 3 aromatic rings. The molecule has 0 unspecified atom stereocenters. The average molecular weight is 796 g/mol. The molecule has 2 aliphatic heterocycles. The smallest absolute Gasteiger partial charge is 0.410 e. The molecule has 2 aromatic carbocycles. The lowest BCUT2D eigenvalue weighted by Crippen LogP contribution is -2.50. The number of hydrogen-bond donors (Lipinski definition) is 3. The van der Waals surface area contributed by atoms with Gasteiger partial charge in [-0.05, 0) is 108 Å². The number of benzene rings is 2. The van der Waals surface area contributed by atoms with Crippen molar-refractivity contribution in [3.63, 3.8) is 0 Å². The van der Waals surface area contributed by atoms with Crippen LogP contribution in [0.1, 0.15) is 84.8 Å². The van der Waals surface area contributed by atoms with Crippen LogP contribution in [0.5, 0.6) is 0 Å². The molecule has 0 bridgehead atoms. The number of aromatic nitrogens is 2. The van der Waals surface area contributed by atoms with E-state index in [1.807, 2.05) is 76.8 Å². The van der Waals surface area contributed by atoms with Gasteiger partial charge in [-0.1, -0.05) is 30.3 Å². The standard InChI is InChI=1S/C44H57N7O7/c1-43(2,3)57-41(55)47-25-28-10-12-30(13-11-28)37(52)22-33(39(54)48-35-15-14-32-23-38(53)49-36(32)24-35)21-29-8-7-9-31(20-29)34-26-45-40(46-27-34)50-16-18-51(19-17-50)42(56)58-44(4,5)6/h7-9,14-15,20,24,26-28,30,33H,10-13,16-19,21-23,25H2,1-6H3,(H,47,55)(H,48,54)(H,49,53)/t28?,30?,33-/m1/s1. The second kappa shape index (κ2) is 17.9. The fraction of sp³-hybridized carbons (Fsp3) is 0.523. The molecule has 3 aliphatic rings. The van der Waals surface area contributed by atoms with Crippen LogP contribution in [-0.2, 0) is 36.7 Å². The van der Waals surface area contributed by atoms with E-state index in [0.717, 1.165) is 35.1 Å². The first-order valence-electron chi connectivity index (χ1n) is 20.4. The van der Waals surface area contributed by atoms with E-state index in [2.05, 4.69) is 25.9 Å². The van der Waals surface area contributed by atoms with Gasteiger partial charge >= 0.3 is 12.2 Å². The average Bonchev–Trinajstić information content (AvgIpc) is 3.55. The molecular formula is C44H57N7O7. The maximum Gasteiger partial charge on any atom is 0.410 e. The Bertz CT molecular complexity index is 1970. The molecule has 310 valence electrons. The zero-order valence-electron chi connectivity index (χ0n) is 34.6. The highest BCUT2D eigenvalue weighted by molar-refractivity contribution is 6.01. The van der Waals surface area contributed by atoms with E-state index in [0.29, 0.717) is 75.7 Å². The van der Waals surface area contributed by atoms with Gasteiger partial charge in [0.15, 0.2) is 0 Å². The largest absolute Gasteiger partial charge is 0.444 e. The van der Waals surface area contributed by atoms with Gasteiger partial charge in [-0.3, -0.25) is 14.4 Å². The minimum Gasteiger partial charge on any atom is -0.444 e. The summed E-state index contributed by atoms with van der Waals surface area (Å²) >= 11 is 0. The van der Waals surface area contributed by atoms with Crippen LogP contribution in [0.15, 0.2) is 54.9 Å². The Kier molecular flexibility index (Phi) is 13.0. The highest BCUT2D eigenvalue weighted by Gasteiger charge is 2.32. The molecule has 3 heterocycles. The van der Waals surface area contributed by atoms with E-state index < -0.39 is 23.2 Å². The van der Waals surface area contributed by atoms with Crippen molar-refractivity contribution < 1.29 is 33.4 Å². The summed E-state index contributed by atoms with van der Waals surface area (Å²) in [5.74, 6) is -0.259. The molecule has 1 atom stereocenters. The van der Waals surface area contributed by atoms with E-state index in [-0.39, 0.29) is 41.9 Å². The number of amides is 4. The zero-order valence-corrected chi connectivity index (χ0v) is 34.6. The molecule has 6 rings (SSSR count). The van der Waals surface area contributed by atoms with Crippen LogP contribution in [0.2, 0.25) is 0 Å². The van der Waals surface area contributed by atoms with Crippen LogP contribution >= 0.6 is 0 Å². The number of alkyl carbamates (subject to hydrolysis) is 1. The number of carbonyl (C=O) groups excluding carboxylic acids is 5. The fourth-order valence-electron chi connectivity index (χ4n) is 7.65. The number of rotatable bonds is 11. The number of anilines is 3.